The van der Waals surface area contributed by atoms with Gasteiger partial charge in [0.25, 0.3) is 5.91 Å². The first-order chi connectivity index (χ1) is 7.99. The largest absolute Gasteiger partial charge is 0.508 e. The third-order valence-corrected chi connectivity index (χ3v) is 2.25. The molecule has 0 atom stereocenters. The Hall–Kier alpha value is -1.82. The van der Waals surface area contributed by atoms with Crippen LogP contribution in [-0.2, 0) is 0 Å². The summed E-state index contributed by atoms with van der Waals surface area (Å²) >= 11 is 4.70. The van der Waals surface area contributed by atoms with Crippen LogP contribution in [0.3, 0.4) is 0 Å². The predicted molar refractivity (Wildman–Crippen MR) is 68.1 cm³/mol. The summed E-state index contributed by atoms with van der Waals surface area (Å²) in [5.41, 5.74) is 5.52. The minimum atomic E-state index is -0.362. The summed E-state index contributed by atoms with van der Waals surface area (Å²) in [5.74, 6) is -0.671. The van der Waals surface area contributed by atoms with Crippen LogP contribution in [0.1, 0.15) is 23.2 Å². The fourth-order valence-corrected chi connectivity index (χ4v) is 1.44. The molecule has 1 aromatic rings. The van der Waals surface area contributed by atoms with Gasteiger partial charge >= 0.3 is 0 Å². The standard InChI is InChI=1S/C11H14N2O3S/c12-10(17)2-1-3-13-11(16)7-4-8(14)6-9(15)5-7/h4-6,14-15H,1-3H2,(H2,12,17)(H,13,16). The Morgan fingerprint density at radius 1 is 1.29 bits per heavy atom. The van der Waals surface area contributed by atoms with E-state index < -0.39 is 0 Å². The molecule has 0 fully saturated rings. The number of benzene rings is 1. The number of rotatable bonds is 5. The van der Waals surface area contributed by atoms with Gasteiger partial charge in [0.15, 0.2) is 0 Å². The van der Waals surface area contributed by atoms with Crippen molar-refractivity contribution < 1.29 is 15.0 Å². The molecule has 1 rings (SSSR count). The van der Waals surface area contributed by atoms with Crippen molar-refractivity contribution in [2.24, 2.45) is 5.73 Å². The van der Waals surface area contributed by atoms with Crippen molar-refractivity contribution in [2.75, 3.05) is 6.54 Å². The number of hydrogen-bond acceptors (Lipinski definition) is 4. The summed E-state index contributed by atoms with van der Waals surface area (Å²) in [7, 11) is 0. The van der Waals surface area contributed by atoms with E-state index in [1.165, 1.54) is 12.1 Å². The quantitative estimate of drug-likeness (QED) is 0.462. The van der Waals surface area contributed by atoms with Gasteiger partial charge in [0.1, 0.15) is 11.5 Å². The van der Waals surface area contributed by atoms with Gasteiger partial charge < -0.3 is 21.3 Å². The zero-order valence-electron chi connectivity index (χ0n) is 9.14. The summed E-state index contributed by atoms with van der Waals surface area (Å²) in [6.07, 6.45) is 1.23. The zero-order chi connectivity index (χ0) is 12.8. The lowest BCUT2D eigenvalue weighted by Crippen LogP contribution is -2.25. The Morgan fingerprint density at radius 3 is 2.41 bits per heavy atom. The molecule has 0 spiro atoms. The van der Waals surface area contributed by atoms with Gasteiger partial charge in [0.05, 0.1) is 4.99 Å². The summed E-state index contributed by atoms with van der Waals surface area (Å²) in [5, 5.41) is 21.1. The van der Waals surface area contributed by atoms with E-state index in [9.17, 15) is 15.0 Å². The monoisotopic (exact) mass is 254 g/mol. The van der Waals surface area contributed by atoms with Crippen LogP contribution in [0.25, 0.3) is 0 Å². The SMILES string of the molecule is NC(=S)CCCNC(=O)c1cc(O)cc(O)c1. The second-order valence-electron chi connectivity index (χ2n) is 3.56. The Labute approximate surface area is 104 Å². The molecule has 0 aromatic heterocycles. The Bertz CT molecular complexity index is 414. The van der Waals surface area contributed by atoms with Crippen molar-refractivity contribution in [1.82, 2.24) is 5.32 Å². The highest BCUT2D eigenvalue weighted by atomic mass is 32.1. The average molecular weight is 254 g/mol. The van der Waals surface area contributed by atoms with Gasteiger partial charge in [-0.3, -0.25) is 4.79 Å². The number of phenols is 2. The fourth-order valence-electron chi connectivity index (χ4n) is 1.29. The van der Waals surface area contributed by atoms with E-state index in [0.717, 1.165) is 6.07 Å². The van der Waals surface area contributed by atoms with Crippen molar-refractivity contribution in [3.63, 3.8) is 0 Å². The van der Waals surface area contributed by atoms with Crippen LogP contribution in [0.4, 0.5) is 0 Å². The molecule has 0 heterocycles. The summed E-state index contributed by atoms with van der Waals surface area (Å²) in [6, 6.07) is 3.72. The number of nitrogens with one attached hydrogen (secondary N) is 1. The molecule has 0 saturated heterocycles. The lowest BCUT2D eigenvalue weighted by atomic mass is 10.2. The first-order valence-corrected chi connectivity index (χ1v) is 5.49. The van der Waals surface area contributed by atoms with E-state index in [1.54, 1.807) is 0 Å². The number of hydrogen-bond donors (Lipinski definition) is 4. The molecule has 0 saturated carbocycles. The highest BCUT2D eigenvalue weighted by molar-refractivity contribution is 7.80. The Balaban J connectivity index is 2.49. The van der Waals surface area contributed by atoms with Crippen molar-refractivity contribution in [3.8, 4) is 11.5 Å². The maximum absolute atomic E-state index is 11.6. The number of carbonyl (C=O) groups excluding carboxylic acids is 1. The van der Waals surface area contributed by atoms with Crippen LogP contribution >= 0.6 is 12.2 Å². The number of amides is 1. The van der Waals surface area contributed by atoms with Crippen molar-refractivity contribution in [3.05, 3.63) is 23.8 Å². The van der Waals surface area contributed by atoms with Crippen LogP contribution < -0.4 is 11.1 Å². The topological polar surface area (TPSA) is 95.6 Å². The van der Waals surface area contributed by atoms with E-state index in [4.69, 9.17) is 18.0 Å². The zero-order valence-corrected chi connectivity index (χ0v) is 9.96. The maximum atomic E-state index is 11.6. The molecular formula is C11H14N2O3S. The highest BCUT2D eigenvalue weighted by Gasteiger charge is 2.07. The molecule has 1 aromatic carbocycles. The lowest BCUT2D eigenvalue weighted by Gasteiger charge is -2.05. The van der Waals surface area contributed by atoms with Gasteiger partial charge in [-0.2, -0.15) is 0 Å². The number of phenolic OH excluding ortho intramolecular Hbond substituents is 2. The molecule has 6 heteroatoms. The normalized spacial score (nSPS) is 9.88. The molecule has 0 radical (unpaired) electrons. The summed E-state index contributed by atoms with van der Waals surface area (Å²) in [4.78, 5) is 12.0. The molecule has 17 heavy (non-hydrogen) atoms. The number of nitrogens with two attached hydrogens (primary N) is 1. The average Bonchev–Trinajstić information content (AvgIpc) is 2.22. The smallest absolute Gasteiger partial charge is 0.251 e. The van der Waals surface area contributed by atoms with Crippen LogP contribution in [0.2, 0.25) is 0 Å². The number of aromatic hydroxyl groups is 2. The summed E-state index contributed by atoms with van der Waals surface area (Å²) < 4.78 is 0. The second-order valence-corrected chi connectivity index (χ2v) is 4.09. The van der Waals surface area contributed by atoms with E-state index in [1.807, 2.05) is 0 Å². The van der Waals surface area contributed by atoms with Gasteiger partial charge in [0.2, 0.25) is 0 Å². The molecule has 0 unspecified atom stereocenters. The number of carbonyl (C=O) groups is 1. The molecule has 0 bridgehead atoms. The van der Waals surface area contributed by atoms with Gasteiger partial charge in [0, 0.05) is 18.2 Å². The first-order valence-electron chi connectivity index (χ1n) is 5.08. The van der Waals surface area contributed by atoms with Crippen LogP contribution in [0.5, 0.6) is 11.5 Å². The first kappa shape index (κ1) is 13.2. The Kier molecular flexibility index (Phi) is 4.71. The fraction of sp³-hybridized carbons (Fsp3) is 0.273. The molecule has 1 amide bonds. The molecule has 5 nitrogen and oxygen atoms in total. The summed E-state index contributed by atoms with van der Waals surface area (Å²) in [6.45, 7) is 0.437. The third kappa shape index (κ3) is 4.69. The van der Waals surface area contributed by atoms with E-state index >= 15 is 0 Å². The van der Waals surface area contributed by atoms with Gasteiger partial charge in [-0.1, -0.05) is 12.2 Å². The van der Waals surface area contributed by atoms with E-state index in [2.05, 4.69) is 5.32 Å². The Morgan fingerprint density at radius 2 is 1.88 bits per heavy atom. The van der Waals surface area contributed by atoms with Gasteiger partial charge in [-0.05, 0) is 25.0 Å². The predicted octanol–water partition coefficient (Wildman–Crippen LogP) is 0.894. The molecule has 92 valence electrons. The highest BCUT2D eigenvalue weighted by Crippen LogP contribution is 2.20. The third-order valence-electron chi connectivity index (χ3n) is 2.05. The van der Waals surface area contributed by atoms with Crippen molar-refractivity contribution in [2.45, 2.75) is 12.8 Å². The molecule has 0 aliphatic heterocycles. The molecular weight excluding hydrogens is 240 g/mol. The molecule has 0 aliphatic carbocycles. The second kappa shape index (κ2) is 6.05. The lowest BCUT2D eigenvalue weighted by molar-refractivity contribution is 0.0952. The van der Waals surface area contributed by atoms with Gasteiger partial charge in [-0.15, -0.1) is 0 Å². The van der Waals surface area contributed by atoms with Gasteiger partial charge in [-0.25, -0.2) is 0 Å². The van der Waals surface area contributed by atoms with E-state index in [-0.39, 0.29) is 23.0 Å². The van der Waals surface area contributed by atoms with Crippen molar-refractivity contribution >= 4 is 23.1 Å². The van der Waals surface area contributed by atoms with Crippen molar-refractivity contribution in [1.29, 1.82) is 0 Å². The minimum absolute atomic E-state index is 0.154. The minimum Gasteiger partial charge on any atom is -0.508 e. The van der Waals surface area contributed by atoms with E-state index in [0.29, 0.717) is 24.4 Å². The molecule has 0 aliphatic rings. The van der Waals surface area contributed by atoms with Crippen LogP contribution in [-0.4, -0.2) is 27.7 Å². The maximum Gasteiger partial charge on any atom is 0.251 e. The molecule has 5 N–H and O–H groups in total. The van der Waals surface area contributed by atoms with Crippen LogP contribution in [0, 0.1) is 0 Å². The van der Waals surface area contributed by atoms with Crippen LogP contribution in [0.15, 0.2) is 18.2 Å². The number of thiocarbonyl (C=S) groups is 1.